The second kappa shape index (κ2) is 11.9. The van der Waals surface area contributed by atoms with Gasteiger partial charge in [-0.25, -0.2) is 0 Å². The van der Waals surface area contributed by atoms with Crippen LogP contribution in [0.4, 0.5) is 0 Å². The molecule has 2 atom stereocenters. The number of likely N-dealkylation sites (tertiary alicyclic amines) is 1. The van der Waals surface area contributed by atoms with Gasteiger partial charge in [0, 0.05) is 25.1 Å². The number of aliphatic hydroxyl groups is 1. The van der Waals surface area contributed by atoms with Crippen LogP contribution in [-0.4, -0.2) is 72.1 Å². The molecule has 2 aliphatic heterocycles. The third-order valence-corrected chi connectivity index (χ3v) is 7.14. The highest BCUT2D eigenvalue weighted by molar-refractivity contribution is 6.46. The first kappa shape index (κ1) is 27.5. The number of Topliss-reactive ketones (excluding diaryl/α,β-unsaturated/α-hetero) is 1. The highest BCUT2D eigenvalue weighted by Gasteiger charge is 2.46. The summed E-state index contributed by atoms with van der Waals surface area (Å²) in [7, 11) is 0. The van der Waals surface area contributed by atoms with E-state index in [0.29, 0.717) is 55.4 Å². The van der Waals surface area contributed by atoms with Gasteiger partial charge in [-0.05, 0) is 75.3 Å². The van der Waals surface area contributed by atoms with Gasteiger partial charge in [-0.2, -0.15) is 0 Å². The maximum atomic E-state index is 13.5. The van der Waals surface area contributed by atoms with Gasteiger partial charge in [0.25, 0.3) is 11.7 Å². The lowest BCUT2D eigenvalue weighted by molar-refractivity contribution is -0.140. The normalized spacial score (nSPS) is 20.1. The average Bonchev–Trinajstić information content (AvgIpc) is 3.41. The Labute approximate surface area is 224 Å². The van der Waals surface area contributed by atoms with Crippen molar-refractivity contribution in [2.45, 2.75) is 53.2 Å². The van der Waals surface area contributed by atoms with Crippen LogP contribution in [0.2, 0.25) is 0 Å². The molecule has 0 saturated carbocycles. The molecule has 2 aliphatic rings. The molecule has 2 aromatic rings. The highest BCUT2D eigenvalue weighted by atomic mass is 16.5. The molecule has 1 saturated heterocycles. The van der Waals surface area contributed by atoms with Crippen molar-refractivity contribution in [1.82, 2.24) is 9.80 Å². The van der Waals surface area contributed by atoms with E-state index in [1.165, 1.54) is 0 Å². The summed E-state index contributed by atoms with van der Waals surface area (Å²) in [5.41, 5.74) is 2.21. The van der Waals surface area contributed by atoms with Crippen molar-refractivity contribution in [3.63, 3.8) is 0 Å². The second-order valence-corrected chi connectivity index (χ2v) is 9.55. The molecule has 2 heterocycles. The van der Waals surface area contributed by atoms with Crippen LogP contribution in [0.5, 0.6) is 17.2 Å². The summed E-state index contributed by atoms with van der Waals surface area (Å²) in [4.78, 5) is 30.6. The maximum Gasteiger partial charge on any atom is 0.295 e. The number of rotatable bonds is 11. The summed E-state index contributed by atoms with van der Waals surface area (Å²) >= 11 is 0. The third-order valence-electron chi connectivity index (χ3n) is 7.14. The predicted molar refractivity (Wildman–Crippen MR) is 146 cm³/mol. The van der Waals surface area contributed by atoms with Crippen molar-refractivity contribution < 1.29 is 28.9 Å². The molecule has 0 aromatic heterocycles. The molecule has 8 heteroatoms. The zero-order valence-corrected chi connectivity index (χ0v) is 23.0. The molecule has 38 heavy (non-hydrogen) atoms. The van der Waals surface area contributed by atoms with Gasteiger partial charge in [0.1, 0.15) is 17.6 Å². The number of aliphatic hydroxyl groups excluding tert-OH is 1. The summed E-state index contributed by atoms with van der Waals surface area (Å²) in [5.74, 6) is 0.402. The minimum Gasteiger partial charge on any atom is -0.507 e. The molecule has 2 aromatic carbocycles. The van der Waals surface area contributed by atoms with Crippen LogP contribution in [0, 0.1) is 0 Å². The molecule has 1 fully saturated rings. The standard InChI is InChI=1S/C30H38N2O6/c1-6-31(7-2)14-15-32-27(20-10-13-24(36-8-3)25(18-20)37-9-4)26(29(34)30(32)35)28(33)21-11-12-23-22(17-21)16-19(5)38-23/h10-13,17-19,27,33H,6-9,14-16H2,1-5H3/t19-,27-/m0/s1. The smallest absolute Gasteiger partial charge is 0.295 e. The monoisotopic (exact) mass is 522 g/mol. The first-order valence-electron chi connectivity index (χ1n) is 13.5. The summed E-state index contributed by atoms with van der Waals surface area (Å²) < 4.78 is 17.4. The number of hydrogen-bond acceptors (Lipinski definition) is 7. The maximum absolute atomic E-state index is 13.5. The van der Waals surface area contributed by atoms with E-state index >= 15 is 0 Å². The van der Waals surface area contributed by atoms with Crippen LogP contribution < -0.4 is 14.2 Å². The largest absolute Gasteiger partial charge is 0.507 e. The van der Waals surface area contributed by atoms with Crippen molar-refractivity contribution in [1.29, 1.82) is 0 Å². The third kappa shape index (κ3) is 5.36. The van der Waals surface area contributed by atoms with Gasteiger partial charge in [0.2, 0.25) is 0 Å². The molecule has 0 radical (unpaired) electrons. The van der Waals surface area contributed by atoms with Gasteiger partial charge >= 0.3 is 0 Å². The molecule has 1 N–H and O–H groups in total. The fourth-order valence-corrected chi connectivity index (χ4v) is 5.21. The fourth-order valence-electron chi connectivity index (χ4n) is 5.21. The summed E-state index contributed by atoms with van der Waals surface area (Å²) in [6.07, 6.45) is 0.767. The van der Waals surface area contributed by atoms with Gasteiger partial charge in [-0.1, -0.05) is 19.9 Å². The predicted octanol–water partition coefficient (Wildman–Crippen LogP) is 4.57. The summed E-state index contributed by atoms with van der Waals surface area (Å²) in [5, 5.41) is 11.5. The number of benzene rings is 2. The number of amides is 1. The number of hydrogen-bond donors (Lipinski definition) is 1. The van der Waals surface area contributed by atoms with E-state index < -0.39 is 17.7 Å². The fraction of sp³-hybridized carbons (Fsp3) is 0.467. The average molecular weight is 523 g/mol. The van der Waals surface area contributed by atoms with Crippen molar-refractivity contribution in [2.24, 2.45) is 0 Å². The Morgan fingerprint density at radius 1 is 1.03 bits per heavy atom. The highest BCUT2D eigenvalue weighted by Crippen LogP contribution is 2.42. The van der Waals surface area contributed by atoms with E-state index in [-0.39, 0.29) is 17.4 Å². The molecular formula is C30H38N2O6. The molecule has 0 unspecified atom stereocenters. The van der Waals surface area contributed by atoms with Crippen LogP contribution in [0.1, 0.15) is 57.4 Å². The molecule has 0 bridgehead atoms. The van der Waals surface area contributed by atoms with Crippen molar-refractivity contribution in [3.05, 3.63) is 58.7 Å². The van der Waals surface area contributed by atoms with Crippen molar-refractivity contribution in [3.8, 4) is 17.2 Å². The first-order valence-corrected chi connectivity index (χ1v) is 13.5. The van der Waals surface area contributed by atoms with Gasteiger partial charge in [0.05, 0.1) is 24.8 Å². The van der Waals surface area contributed by atoms with E-state index in [2.05, 4.69) is 18.7 Å². The SMILES string of the molecule is CCOc1ccc([C@H]2C(=C(O)c3ccc4c(c3)C[C@H](C)O4)C(=O)C(=O)N2CCN(CC)CC)cc1OCC. The van der Waals surface area contributed by atoms with Crippen molar-refractivity contribution in [2.75, 3.05) is 39.4 Å². The van der Waals surface area contributed by atoms with E-state index in [9.17, 15) is 14.7 Å². The zero-order chi connectivity index (χ0) is 27.4. The lowest BCUT2D eigenvalue weighted by Gasteiger charge is -2.28. The zero-order valence-electron chi connectivity index (χ0n) is 23.0. The van der Waals surface area contributed by atoms with Crippen LogP contribution in [0.3, 0.4) is 0 Å². The Morgan fingerprint density at radius 3 is 2.42 bits per heavy atom. The minimum atomic E-state index is -0.760. The van der Waals surface area contributed by atoms with Gasteiger partial charge in [-0.15, -0.1) is 0 Å². The number of ketones is 1. The molecule has 4 rings (SSSR count). The molecule has 0 spiro atoms. The number of ether oxygens (including phenoxy) is 3. The van der Waals surface area contributed by atoms with Crippen LogP contribution in [-0.2, 0) is 16.0 Å². The van der Waals surface area contributed by atoms with Crippen LogP contribution >= 0.6 is 0 Å². The first-order chi connectivity index (χ1) is 18.3. The van der Waals surface area contributed by atoms with Gasteiger partial charge in [0.15, 0.2) is 11.5 Å². The van der Waals surface area contributed by atoms with Gasteiger partial charge < -0.3 is 29.1 Å². The number of carbonyl (C=O) groups excluding carboxylic acids is 2. The quantitative estimate of drug-likeness (QED) is 0.263. The van der Waals surface area contributed by atoms with E-state index in [1.807, 2.05) is 39.0 Å². The second-order valence-electron chi connectivity index (χ2n) is 9.55. The Morgan fingerprint density at radius 2 is 1.74 bits per heavy atom. The molecule has 1 amide bonds. The van der Waals surface area contributed by atoms with E-state index in [0.717, 1.165) is 24.4 Å². The van der Waals surface area contributed by atoms with Crippen LogP contribution in [0.25, 0.3) is 5.76 Å². The number of carbonyl (C=O) groups is 2. The van der Waals surface area contributed by atoms with E-state index in [1.54, 1.807) is 23.1 Å². The molecular weight excluding hydrogens is 484 g/mol. The Hall–Kier alpha value is -3.52. The lowest BCUT2D eigenvalue weighted by Crippen LogP contribution is -2.38. The van der Waals surface area contributed by atoms with Crippen LogP contribution in [0.15, 0.2) is 42.0 Å². The molecule has 204 valence electrons. The Kier molecular flexibility index (Phi) is 8.62. The number of fused-ring (bicyclic) bond motifs is 1. The number of likely N-dealkylation sites (N-methyl/N-ethyl adjacent to an activating group) is 1. The van der Waals surface area contributed by atoms with E-state index in [4.69, 9.17) is 14.2 Å². The lowest BCUT2D eigenvalue weighted by atomic mass is 9.94. The van der Waals surface area contributed by atoms with Gasteiger partial charge in [-0.3, -0.25) is 9.59 Å². The topological polar surface area (TPSA) is 88.5 Å². The Bertz CT molecular complexity index is 1220. The van der Waals surface area contributed by atoms with Crippen molar-refractivity contribution >= 4 is 17.4 Å². The molecule has 0 aliphatic carbocycles. The summed E-state index contributed by atoms with van der Waals surface area (Å²) in [6, 6.07) is 10.1. The summed E-state index contributed by atoms with van der Waals surface area (Å²) in [6.45, 7) is 13.4. The number of nitrogens with zero attached hydrogens (tertiary/aromatic N) is 2. The minimum absolute atomic E-state index is 0.0499. The molecule has 8 nitrogen and oxygen atoms in total. The Balaban J connectivity index is 1.82.